The maximum absolute atomic E-state index is 12.6. The Morgan fingerprint density at radius 3 is 2.72 bits per heavy atom. The van der Waals surface area contributed by atoms with E-state index in [0.29, 0.717) is 72.1 Å². The zero-order chi connectivity index (χ0) is 25.4. The van der Waals surface area contributed by atoms with Gasteiger partial charge in [-0.1, -0.05) is 17.7 Å². The summed E-state index contributed by atoms with van der Waals surface area (Å²) in [6.07, 6.45) is 5.46. The van der Waals surface area contributed by atoms with E-state index in [1.165, 1.54) is 0 Å². The summed E-state index contributed by atoms with van der Waals surface area (Å²) in [5, 5.41) is 29.9. The number of aromatic nitrogens is 5. The van der Waals surface area contributed by atoms with Crippen LogP contribution >= 0.6 is 11.6 Å². The van der Waals surface area contributed by atoms with Gasteiger partial charge in [-0.3, -0.25) is 4.79 Å². The molecule has 1 saturated carbocycles. The van der Waals surface area contributed by atoms with Gasteiger partial charge in [-0.05, 0) is 50.3 Å². The van der Waals surface area contributed by atoms with Crippen molar-refractivity contribution < 1.29 is 14.6 Å². The predicted octanol–water partition coefficient (Wildman–Crippen LogP) is 3.89. The fourth-order valence-corrected chi connectivity index (χ4v) is 5.34. The van der Waals surface area contributed by atoms with Crippen LogP contribution in [0.1, 0.15) is 43.9 Å². The topological polar surface area (TPSA) is 141 Å². The second kappa shape index (κ2) is 9.51. The molecule has 4 aromatic rings. The highest BCUT2D eigenvalue weighted by Crippen LogP contribution is 2.43. The fourth-order valence-electron chi connectivity index (χ4n) is 5.06. The highest BCUT2D eigenvalue weighted by Gasteiger charge is 2.46. The number of nitrogens with two attached hydrogens (primary N) is 1. The van der Waals surface area contributed by atoms with Crippen LogP contribution in [0.25, 0.3) is 21.8 Å². The van der Waals surface area contributed by atoms with Crippen molar-refractivity contribution in [3.05, 3.63) is 46.9 Å². The third kappa shape index (κ3) is 4.00. The van der Waals surface area contributed by atoms with Gasteiger partial charge in [0.1, 0.15) is 11.2 Å². The fraction of sp³-hybridized carbons (Fsp3) is 0.400. The van der Waals surface area contributed by atoms with E-state index in [9.17, 15) is 9.90 Å². The Kier molecular flexibility index (Phi) is 6.40. The van der Waals surface area contributed by atoms with Crippen molar-refractivity contribution in [3.63, 3.8) is 0 Å². The van der Waals surface area contributed by atoms with Crippen LogP contribution in [0, 0.1) is 0 Å². The SMILES string of the molecule is CCn1ncc2c3c(NCc4ccc(OC)c(Cl)c4)nnc([C@]4(C(=O)O)CC[C@H](N)CC4)c3cnc21. The van der Waals surface area contributed by atoms with E-state index in [0.717, 1.165) is 16.3 Å². The van der Waals surface area contributed by atoms with E-state index in [1.807, 2.05) is 25.1 Å². The number of nitrogens with zero attached hydrogens (tertiary/aromatic N) is 5. The van der Waals surface area contributed by atoms with Gasteiger partial charge in [0.05, 0.1) is 29.4 Å². The molecule has 1 aliphatic carbocycles. The first-order chi connectivity index (χ1) is 17.4. The molecule has 0 aliphatic heterocycles. The number of methoxy groups -OCH3 is 1. The highest BCUT2D eigenvalue weighted by molar-refractivity contribution is 6.32. The third-order valence-corrected chi connectivity index (χ3v) is 7.43. The number of rotatable bonds is 7. The molecule has 10 nitrogen and oxygen atoms in total. The summed E-state index contributed by atoms with van der Waals surface area (Å²) in [5.74, 6) is 0.209. The average molecular weight is 510 g/mol. The molecular weight excluding hydrogens is 482 g/mol. The molecule has 0 amide bonds. The molecule has 1 aliphatic rings. The van der Waals surface area contributed by atoms with E-state index in [4.69, 9.17) is 22.1 Å². The Hall–Kier alpha value is -3.50. The quantitative estimate of drug-likeness (QED) is 0.338. The van der Waals surface area contributed by atoms with E-state index >= 15 is 0 Å². The van der Waals surface area contributed by atoms with Crippen LogP contribution in [0.15, 0.2) is 30.6 Å². The standard InChI is InChI=1S/C25H28ClN7O3/c1-3-33-23-17(13-30-33)20-16(12-29-23)21(25(24(34)35)8-6-15(27)7-9-25)31-32-22(20)28-11-14-4-5-19(36-2)18(26)10-14/h4-5,10,12-13,15H,3,6-9,11,27H2,1-2H3,(H,28,32)(H,34,35)/t15-,25-. The first kappa shape index (κ1) is 24.2. The van der Waals surface area contributed by atoms with Gasteiger partial charge in [0, 0.05) is 36.1 Å². The smallest absolute Gasteiger partial charge is 0.315 e. The number of aliphatic carboxylic acids is 1. The first-order valence-corrected chi connectivity index (χ1v) is 12.3. The van der Waals surface area contributed by atoms with E-state index < -0.39 is 11.4 Å². The van der Waals surface area contributed by atoms with Crippen molar-refractivity contribution in [2.75, 3.05) is 12.4 Å². The van der Waals surface area contributed by atoms with Gasteiger partial charge in [0.2, 0.25) is 0 Å². The summed E-state index contributed by atoms with van der Waals surface area (Å²) in [6.45, 7) is 3.07. The van der Waals surface area contributed by atoms with Gasteiger partial charge in [-0.25, -0.2) is 9.67 Å². The number of hydrogen-bond donors (Lipinski definition) is 3. The predicted molar refractivity (Wildman–Crippen MR) is 137 cm³/mol. The maximum atomic E-state index is 12.6. The Labute approximate surface area is 212 Å². The molecule has 0 radical (unpaired) electrons. The van der Waals surface area contributed by atoms with Gasteiger partial charge in [-0.2, -0.15) is 10.2 Å². The van der Waals surface area contributed by atoms with Crippen molar-refractivity contribution in [2.45, 2.75) is 57.2 Å². The highest BCUT2D eigenvalue weighted by atomic mass is 35.5. The molecule has 0 spiro atoms. The van der Waals surface area contributed by atoms with E-state index in [2.05, 4.69) is 25.6 Å². The Morgan fingerprint density at radius 2 is 2.06 bits per heavy atom. The molecule has 11 heteroatoms. The number of pyridine rings is 1. The summed E-state index contributed by atoms with van der Waals surface area (Å²) < 4.78 is 7.04. The van der Waals surface area contributed by atoms with Crippen LogP contribution < -0.4 is 15.8 Å². The summed E-state index contributed by atoms with van der Waals surface area (Å²) in [7, 11) is 1.57. The molecule has 0 unspecified atom stereocenters. The van der Waals surface area contributed by atoms with Gasteiger partial charge >= 0.3 is 5.97 Å². The van der Waals surface area contributed by atoms with Gasteiger partial charge in [0.15, 0.2) is 11.5 Å². The third-order valence-electron chi connectivity index (χ3n) is 7.13. The lowest BCUT2D eigenvalue weighted by Crippen LogP contribution is -2.43. The molecule has 3 heterocycles. The van der Waals surface area contributed by atoms with Crippen LogP contribution in [-0.2, 0) is 23.3 Å². The first-order valence-electron chi connectivity index (χ1n) is 11.9. The Balaban J connectivity index is 1.65. The van der Waals surface area contributed by atoms with Crippen LogP contribution in [0.2, 0.25) is 5.02 Å². The van der Waals surface area contributed by atoms with Crippen LogP contribution in [-0.4, -0.2) is 49.2 Å². The molecule has 0 atom stereocenters. The number of carboxylic acids is 1. The summed E-state index contributed by atoms with van der Waals surface area (Å²) in [6, 6.07) is 5.54. The molecule has 0 saturated heterocycles. The lowest BCUT2D eigenvalue weighted by atomic mass is 9.69. The number of hydrogen-bond acceptors (Lipinski definition) is 8. The Bertz CT molecular complexity index is 1450. The molecular formula is C25H28ClN7O3. The van der Waals surface area contributed by atoms with E-state index in [-0.39, 0.29) is 6.04 Å². The lowest BCUT2D eigenvalue weighted by Gasteiger charge is -2.35. The molecule has 36 heavy (non-hydrogen) atoms. The normalized spacial score (nSPS) is 20.1. The van der Waals surface area contributed by atoms with Crippen molar-refractivity contribution >= 4 is 45.2 Å². The molecule has 1 aromatic carbocycles. The molecule has 1 fully saturated rings. The average Bonchev–Trinajstić information content (AvgIpc) is 3.31. The zero-order valence-electron chi connectivity index (χ0n) is 20.2. The maximum Gasteiger partial charge on any atom is 0.315 e. The largest absolute Gasteiger partial charge is 0.495 e. The lowest BCUT2D eigenvalue weighted by molar-refractivity contribution is -0.145. The van der Waals surface area contributed by atoms with Crippen LogP contribution in [0.5, 0.6) is 5.75 Å². The number of carboxylic acid groups (broad SMARTS) is 1. The Morgan fingerprint density at radius 1 is 1.28 bits per heavy atom. The number of halogens is 1. The van der Waals surface area contributed by atoms with Crippen molar-refractivity contribution in [3.8, 4) is 5.75 Å². The monoisotopic (exact) mass is 509 g/mol. The minimum Gasteiger partial charge on any atom is -0.495 e. The van der Waals surface area contributed by atoms with Gasteiger partial charge < -0.3 is 20.9 Å². The minimum absolute atomic E-state index is 0.0124. The molecule has 188 valence electrons. The number of anilines is 1. The second-order valence-corrected chi connectivity index (χ2v) is 9.60. The number of ether oxygens (including phenoxy) is 1. The molecule has 5 rings (SSSR count). The van der Waals surface area contributed by atoms with Crippen LogP contribution in [0.3, 0.4) is 0 Å². The van der Waals surface area contributed by atoms with Gasteiger partial charge in [0.25, 0.3) is 0 Å². The molecule has 0 bridgehead atoms. The second-order valence-electron chi connectivity index (χ2n) is 9.19. The number of carbonyl (C=O) groups is 1. The summed E-state index contributed by atoms with van der Waals surface area (Å²) >= 11 is 6.30. The molecule has 4 N–H and O–H groups in total. The number of fused-ring (bicyclic) bond motifs is 3. The van der Waals surface area contributed by atoms with Crippen molar-refractivity contribution in [1.82, 2.24) is 25.0 Å². The summed E-state index contributed by atoms with van der Waals surface area (Å²) in [4.78, 5) is 17.3. The van der Waals surface area contributed by atoms with Crippen LogP contribution in [0.4, 0.5) is 5.82 Å². The zero-order valence-corrected chi connectivity index (χ0v) is 20.9. The number of aryl methyl sites for hydroxylation is 1. The molecule has 3 aromatic heterocycles. The van der Waals surface area contributed by atoms with E-state index in [1.54, 1.807) is 24.2 Å². The van der Waals surface area contributed by atoms with Gasteiger partial charge in [-0.15, -0.1) is 5.10 Å². The summed E-state index contributed by atoms with van der Waals surface area (Å²) in [5.41, 5.74) is 7.00. The van der Waals surface area contributed by atoms with Crippen molar-refractivity contribution in [1.29, 1.82) is 0 Å². The van der Waals surface area contributed by atoms with Crippen molar-refractivity contribution in [2.24, 2.45) is 5.73 Å². The number of benzene rings is 1. The minimum atomic E-state index is -1.17. The number of nitrogens with one attached hydrogen (secondary N) is 1.